The number of furan rings is 1. The quantitative estimate of drug-likeness (QED) is 0.803. The van der Waals surface area contributed by atoms with Crippen LogP contribution in [0.1, 0.15) is 37.2 Å². The molecule has 2 heteroatoms. The van der Waals surface area contributed by atoms with Crippen molar-refractivity contribution in [1.82, 2.24) is 5.32 Å². The third kappa shape index (κ3) is 1.96. The Hall–Kier alpha value is -0.760. The first-order valence-corrected chi connectivity index (χ1v) is 6.11. The standard InChI is InChI=1S/C13H19NO/c1-9-2-5-13(15-9)8-10-6-11-3-4-12(7-10)14-11/h2,5,10-12,14H,3-4,6-8H2,1H3. The van der Waals surface area contributed by atoms with Crippen LogP contribution in [0.2, 0.25) is 0 Å². The Morgan fingerprint density at radius 2 is 2.00 bits per heavy atom. The highest BCUT2D eigenvalue weighted by Gasteiger charge is 2.33. The van der Waals surface area contributed by atoms with Gasteiger partial charge in [0.05, 0.1) is 0 Å². The maximum absolute atomic E-state index is 5.66. The van der Waals surface area contributed by atoms with Crippen molar-refractivity contribution < 1.29 is 4.42 Å². The molecule has 1 N–H and O–H groups in total. The zero-order valence-corrected chi connectivity index (χ0v) is 9.33. The highest BCUT2D eigenvalue weighted by molar-refractivity contribution is 5.07. The molecule has 2 atom stereocenters. The zero-order chi connectivity index (χ0) is 10.3. The molecule has 0 saturated carbocycles. The lowest BCUT2D eigenvalue weighted by Gasteiger charge is -2.28. The second-order valence-corrected chi connectivity index (χ2v) is 5.19. The molecule has 2 bridgehead atoms. The van der Waals surface area contributed by atoms with Crippen LogP contribution < -0.4 is 5.32 Å². The van der Waals surface area contributed by atoms with E-state index in [0.717, 1.165) is 30.2 Å². The molecule has 2 aliphatic heterocycles. The summed E-state index contributed by atoms with van der Waals surface area (Å²) in [5.41, 5.74) is 0. The van der Waals surface area contributed by atoms with E-state index < -0.39 is 0 Å². The van der Waals surface area contributed by atoms with Gasteiger partial charge in [0.15, 0.2) is 0 Å². The Labute approximate surface area is 91.0 Å². The minimum atomic E-state index is 0.796. The van der Waals surface area contributed by atoms with Gasteiger partial charge in [-0.3, -0.25) is 0 Å². The Morgan fingerprint density at radius 1 is 1.27 bits per heavy atom. The number of hydrogen-bond acceptors (Lipinski definition) is 2. The van der Waals surface area contributed by atoms with Crippen LogP contribution in [0.5, 0.6) is 0 Å². The van der Waals surface area contributed by atoms with Crippen LogP contribution >= 0.6 is 0 Å². The van der Waals surface area contributed by atoms with Crippen LogP contribution in [0.25, 0.3) is 0 Å². The van der Waals surface area contributed by atoms with Gasteiger partial charge < -0.3 is 9.73 Å². The van der Waals surface area contributed by atoms with Gasteiger partial charge >= 0.3 is 0 Å². The van der Waals surface area contributed by atoms with E-state index in [1.807, 2.05) is 6.92 Å². The molecule has 0 spiro atoms. The van der Waals surface area contributed by atoms with E-state index in [0.29, 0.717) is 0 Å². The summed E-state index contributed by atoms with van der Waals surface area (Å²) in [4.78, 5) is 0. The van der Waals surface area contributed by atoms with Crippen LogP contribution in [0.3, 0.4) is 0 Å². The summed E-state index contributed by atoms with van der Waals surface area (Å²) in [6.07, 6.45) is 6.60. The van der Waals surface area contributed by atoms with Gasteiger partial charge in [0.25, 0.3) is 0 Å². The molecule has 3 rings (SSSR count). The molecule has 0 radical (unpaired) electrons. The summed E-state index contributed by atoms with van der Waals surface area (Å²) >= 11 is 0. The van der Waals surface area contributed by atoms with Crippen molar-refractivity contribution in [1.29, 1.82) is 0 Å². The molecule has 3 heterocycles. The molecule has 2 aliphatic rings. The molecule has 2 nitrogen and oxygen atoms in total. The van der Waals surface area contributed by atoms with E-state index in [1.165, 1.54) is 31.4 Å². The fourth-order valence-corrected chi connectivity index (χ4v) is 3.22. The van der Waals surface area contributed by atoms with Crippen LogP contribution in [0, 0.1) is 12.8 Å². The zero-order valence-electron chi connectivity index (χ0n) is 9.33. The molecular weight excluding hydrogens is 186 g/mol. The summed E-state index contributed by atoms with van der Waals surface area (Å²) in [6.45, 7) is 2.02. The van der Waals surface area contributed by atoms with E-state index in [4.69, 9.17) is 4.42 Å². The van der Waals surface area contributed by atoms with E-state index in [2.05, 4.69) is 17.4 Å². The van der Waals surface area contributed by atoms with Crippen LogP contribution in [0.4, 0.5) is 0 Å². The number of hydrogen-bond donors (Lipinski definition) is 1. The average Bonchev–Trinajstić information content (AvgIpc) is 2.74. The largest absolute Gasteiger partial charge is 0.466 e. The van der Waals surface area contributed by atoms with Crippen molar-refractivity contribution in [2.24, 2.45) is 5.92 Å². The molecule has 0 aliphatic carbocycles. The lowest BCUT2D eigenvalue weighted by molar-refractivity contribution is 0.284. The van der Waals surface area contributed by atoms with E-state index in [1.54, 1.807) is 0 Å². The van der Waals surface area contributed by atoms with E-state index in [-0.39, 0.29) is 0 Å². The smallest absolute Gasteiger partial charge is 0.104 e. The summed E-state index contributed by atoms with van der Waals surface area (Å²) in [5, 5.41) is 3.68. The number of nitrogens with one attached hydrogen (secondary N) is 1. The van der Waals surface area contributed by atoms with Crippen molar-refractivity contribution in [3.63, 3.8) is 0 Å². The van der Waals surface area contributed by atoms with Gasteiger partial charge in [0, 0.05) is 18.5 Å². The molecule has 0 aromatic carbocycles. The fourth-order valence-electron chi connectivity index (χ4n) is 3.22. The minimum Gasteiger partial charge on any atom is -0.466 e. The Morgan fingerprint density at radius 3 is 2.60 bits per heavy atom. The number of fused-ring (bicyclic) bond motifs is 2. The molecule has 2 fully saturated rings. The van der Waals surface area contributed by atoms with Gasteiger partial charge in [-0.1, -0.05) is 0 Å². The fraction of sp³-hybridized carbons (Fsp3) is 0.692. The third-order valence-corrected chi connectivity index (χ3v) is 3.86. The van der Waals surface area contributed by atoms with Crippen molar-refractivity contribution in [2.75, 3.05) is 0 Å². The average molecular weight is 205 g/mol. The van der Waals surface area contributed by atoms with Gasteiger partial charge in [-0.05, 0) is 50.7 Å². The number of aryl methyl sites for hydroxylation is 1. The topological polar surface area (TPSA) is 25.2 Å². The van der Waals surface area contributed by atoms with Gasteiger partial charge in [0.1, 0.15) is 11.5 Å². The molecule has 2 unspecified atom stereocenters. The molecule has 1 aromatic rings. The van der Waals surface area contributed by atoms with Gasteiger partial charge in [-0.15, -0.1) is 0 Å². The third-order valence-electron chi connectivity index (χ3n) is 3.86. The van der Waals surface area contributed by atoms with Crippen molar-refractivity contribution in [2.45, 2.75) is 51.1 Å². The predicted octanol–water partition coefficient (Wildman–Crippen LogP) is 2.66. The van der Waals surface area contributed by atoms with Crippen molar-refractivity contribution in [3.8, 4) is 0 Å². The first-order chi connectivity index (χ1) is 7.29. The van der Waals surface area contributed by atoms with Crippen LogP contribution in [-0.2, 0) is 6.42 Å². The Bertz CT molecular complexity index is 332. The monoisotopic (exact) mass is 205 g/mol. The summed E-state index contributed by atoms with van der Waals surface area (Å²) in [6, 6.07) is 5.80. The maximum atomic E-state index is 5.66. The first kappa shape index (κ1) is 9.46. The molecule has 2 saturated heterocycles. The Balaban J connectivity index is 1.64. The number of piperidine rings is 1. The maximum Gasteiger partial charge on any atom is 0.104 e. The minimum absolute atomic E-state index is 0.796. The van der Waals surface area contributed by atoms with Gasteiger partial charge in [-0.25, -0.2) is 0 Å². The molecule has 1 aromatic heterocycles. The van der Waals surface area contributed by atoms with Gasteiger partial charge in [0.2, 0.25) is 0 Å². The molecule has 0 amide bonds. The van der Waals surface area contributed by atoms with Crippen molar-refractivity contribution >= 4 is 0 Å². The van der Waals surface area contributed by atoms with Crippen molar-refractivity contribution in [3.05, 3.63) is 23.7 Å². The predicted molar refractivity (Wildman–Crippen MR) is 59.8 cm³/mol. The number of rotatable bonds is 2. The van der Waals surface area contributed by atoms with E-state index in [9.17, 15) is 0 Å². The summed E-state index contributed by atoms with van der Waals surface area (Å²) in [5.74, 6) is 3.06. The van der Waals surface area contributed by atoms with Crippen LogP contribution in [-0.4, -0.2) is 12.1 Å². The van der Waals surface area contributed by atoms with Crippen LogP contribution in [0.15, 0.2) is 16.5 Å². The second-order valence-electron chi connectivity index (χ2n) is 5.19. The highest BCUT2D eigenvalue weighted by atomic mass is 16.3. The lowest BCUT2D eigenvalue weighted by atomic mass is 9.89. The molecular formula is C13H19NO. The van der Waals surface area contributed by atoms with Gasteiger partial charge in [-0.2, -0.15) is 0 Å². The first-order valence-electron chi connectivity index (χ1n) is 6.11. The molecule has 82 valence electrons. The lowest BCUT2D eigenvalue weighted by Crippen LogP contribution is -2.38. The highest BCUT2D eigenvalue weighted by Crippen LogP contribution is 2.32. The second kappa shape index (κ2) is 3.67. The normalized spacial score (nSPS) is 34.6. The Kier molecular flexibility index (Phi) is 2.32. The molecule has 15 heavy (non-hydrogen) atoms. The summed E-state index contributed by atoms with van der Waals surface area (Å²) in [7, 11) is 0. The van der Waals surface area contributed by atoms with E-state index >= 15 is 0 Å². The summed E-state index contributed by atoms with van der Waals surface area (Å²) < 4.78 is 5.66. The SMILES string of the molecule is Cc1ccc(CC2CC3CCC(C2)N3)o1.